The van der Waals surface area contributed by atoms with E-state index in [4.69, 9.17) is 4.74 Å². The van der Waals surface area contributed by atoms with Gasteiger partial charge < -0.3 is 20.1 Å². The van der Waals surface area contributed by atoms with Gasteiger partial charge in [0, 0.05) is 13.1 Å². The van der Waals surface area contributed by atoms with Crippen molar-refractivity contribution in [1.82, 2.24) is 10.6 Å². The van der Waals surface area contributed by atoms with Crippen molar-refractivity contribution in [3.05, 3.63) is 29.6 Å². The first-order chi connectivity index (χ1) is 10.1. The van der Waals surface area contributed by atoms with Gasteiger partial charge in [0.05, 0.1) is 7.11 Å². The lowest BCUT2D eigenvalue weighted by Gasteiger charge is -2.10. The number of halogens is 1. The normalized spacial score (nSPS) is 10.0. The lowest BCUT2D eigenvalue weighted by Crippen LogP contribution is -2.34. The number of hydrogen-bond donors (Lipinski definition) is 2. The monoisotopic (exact) mass is 298 g/mol. The Bertz CT molecular complexity index is 494. The highest BCUT2D eigenvalue weighted by molar-refractivity contribution is 5.92. The lowest BCUT2D eigenvalue weighted by molar-refractivity contribution is -0.123. The van der Waals surface area contributed by atoms with E-state index in [0.717, 1.165) is 18.7 Å². The van der Waals surface area contributed by atoms with E-state index in [1.54, 1.807) is 0 Å². The van der Waals surface area contributed by atoms with Crippen LogP contribution in [0.3, 0.4) is 0 Å². The van der Waals surface area contributed by atoms with Gasteiger partial charge in [0.2, 0.25) is 0 Å². The molecule has 0 aliphatic heterocycles. The molecule has 0 aliphatic carbocycles. The number of benzene rings is 1. The van der Waals surface area contributed by atoms with Crippen LogP contribution in [0.25, 0.3) is 0 Å². The fraction of sp³-hybridized carbons (Fsp3) is 0.429. The van der Waals surface area contributed by atoms with Gasteiger partial charge in [0.25, 0.3) is 5.91 Å². The number of carbonyl (C=O) groups is 2. The minimum Gasteiger partial charge on any atom is -0.483 e. The molecule has 6 nitrogen and oxygen atoms in total. The van der Waals surface area contributed by atoms with E-state index in [0.29, 0.717) is 13.1 Å². The Morgan fingerprint density at radius 1 is 1.29 bits per heavy atom. The van der Waals surface area contributed by atoms with Gasteiger partial charge in [-0.1, -0.05) is 6.92 Å². The Hall–Kier alpha value is -2.15. The largest absolute Gasteiger partial charge is 0.483 e. The minimum atomic E-state index is -0.725. The lowest BCUT2D eigenvalue weighted by atomic mass is 10.2. The summed E-state index contributed by atoms with van der Waals surface area (Å²) < 4.78 is 22.9. The Morgan fingerprint density at radius 3 is 2.71 bits per heavy atom. The van der Waals surface area contributed by atoms with E-state index >= 15 is 0 Å². The zero-order valence-corrected chi connectivity index (χ0v) is 12.1. The Balaban J connectivity index is 2.55. The molecule has 2 N–H and O–H groups in total. The maximum Gasteiger partial charge on any atom is 0.341 e. The van der Waals surface area contributed by atoms with E-state index in [9.17, 15) is 14.0 Å². The van der Waals surface area contributed by atoms with E-state index in [1.165, 1.54) is 13.2 Å². The van der Waals surface area contributed by atoms with Gasteiger partial charge in [-0.05, 0) is 24.7 Å². The molecule has 7 heteroatoms. The summed E-state index contributed by atoms with van der Waals surface area (Å²) in [5.74, 6) is -1.53. The molecular weight excluding hydrogens is 279 g/mol. The third-order valence-electron chi connectivity index (χ3n) is 2.58. The average Bonchev–Trinajstić information content (AvgIpc) is 2.49. The summed E-state index contributed by atoms with van der Waals surface area (Å²) in [6, 6.07) is 3.43. The van der Waals surface area contributed by atoms with Crippen LogP contribution in [0.2, 0.25) is 0 Å². The molecular formula is C14H19FN2O4. The maximum atomic E-state index is 13.1. The van der Waals surface area contributed by atoms with Crippen molar-refractivity contribution in [3.63, 3.8) is 0 Å². The van der Waals surface area contributed by atoms with Crippen LogP contribution in [-0.2, 0) is 9.53 Å². The van der Waals surface area contributed by atoms with Crippen molar-refractivity contribution >= 4 is 11.9 Å². The molecule has 21 heavy (non-hydrogen) atoms. The van der Waals surface area contributed by atoms with Crippen molar-refractivity contribution in [3.8, 4) is 5.75 Å². The predicted molar refractivity (Wildman–Crippen MR) is 74.8 cm³/mol. The van der Waals surface area contributed by atoms with Crippen molar-refractivity contribution < 1.29 is 23.5 Å². The van der Waals surface area contributed by atoms with Gasteiger partial charge in [0.15, 0.2) is 6.61 Å². The summed E-state index contributed by atoms with van der Waals surface area (Å²) in [5.41, 5.74) is -0.0575. The molecule has 0 atom stereocenters. The SMILES string of the molecule is CCNCCNC(=O)COc1ccc(F)cc1C(=O)OC. The topological polar surface area (TPSA) is 76.7 Å². The first kappa shape index (κ1) is 16.9. The van der Waals surface area contributed by atoms with Crippen molar-refractivity contribution in [1.29, 1.82) is 0 Å². The highest BCUT2D eigenvalue weighted by Gasteiger charge is 2.15. The molecule has 0 unspecified atom stereocenters. The van der Waals surface area contributed by atoms with E-state index in [-0.39, 0.29) is 23.8 Å². The number of methoxy groups -OCH3 is 1. The van der Waals surface area contributed by atoms with Crippen LogP contribution in [0.5, 0.6) is 5.75 Å². The highest BCUT2D eigenvalue weighted by Crippen LogP contribution is 2.20. The van der Waals surface area contributed by atoms with Crippen LogP contribution in [0.1, 0.15) is 17.3 Å². The number of rotatable bonds is 8. The van der Waals surface area contributed by atoms with Gasteiger partial charge in [-0.3, -0.25) is 4.79 Å². The summed E-state index contributed by atoms with van der Waals surface area (Å²) in [5, 5.41) is 5.70. The molecule has 1 amide bonds. The third-order valence-corrected chi connectivity index (χ3v) is 2.58. The van der Waals surface area contributed by atoms with Crippen molar-refractivity contribution in [2.24, 2.45) is 0 Å². The number of esters is 1. The molecule has 0 bridgehead atoms. The van der Waals surface area contributed by atoms with Crippen molar-refractivity contribution in [2.75, 3.05) is 33.4 Å². The molecule has 0 spiro atoms. The molecule has 0 radical (unpaired) electrons. The second-order valence-electron chi connectivity index (χ2n) is 4.12. The summed E-state index contributed by atoms with van der Waals surface area (Å²) >= 11 is 0. The predicted octanol–water partition coefficient (Wildman–Crippen LogP) is 0.717. The van der Waals surface area contributed by atoms with Crippen LogP contribution in [0.4, 0.5) is 4.39 Å². The van der Waals surface area contributed by atoms with Crippen LogP contribution >= 0.6 is 0 Å². The number of carbonyl (C=O) groups excluding carboxylic acids is 2. The zero-order chi connectivity index (χ0) is 15.7. The fourth-order valence-electron chi connectivity index (χ4n) is 1.56. The van der Waals surface area contributed by atoms with Crippen LogP contribution in [0.15, 0.2) is 18.2 Å². The van der Waals surface area contributed by atoms with E-state index < -0.39 is 11.8 Å². The standard InChI is InChI=1S/C14H19FN2O4/c1-3-16-6-7-17-13(18)9-21-12-5-4-10(15)8-11(12)14(19)20-2/h4-5,8,16H,3,6-7,9H2,1-2H3,(H,17,18). The molecule has 0 aliphatic rings. The Labute approximate surface area is 122 Å². The highest BCUT2D eigenvalue weighted by atomic mass is 19.1. The van der Waals surface area contributed by atoms with Crippen LogP contribution in [-0.4, -0.2) is 45.2 Å². The maximum absolute atomic E-state index is 13.1. The van der Waals surface area contributed by atoms with Gasteiger partial charge >= 0.3 is 5.97 Å². The minimum absolute atomic E-state index is 0.0575. The number of amides is 1. The molecule has 116 valence electrons. The smallest absolute Gasteiger partial charge is 0.341 e. The van der Waals surface area contributed by atoms with Crippen molar-refractivity contribution in [2.45, 2.75) is 6.92 Å². The molecule has 0 aromatic heterocycles. The zero-order valence-electron chi connectivity index (χ0n) is 12.1. The Kier molecular flexibility index (Phi) is 7.17. The first-order valence-corrected chi connectivity index (χ1v) is 6.56. The molecule has 0 fully saturated rings. The first-order valence-electron chi connectivity index (χ1n) is 6.56. The summed E-state index contributed by atoms with van der Waals surface area (Å²) in [6.07, 6.45) is 0. The molecule has 0 saturated carbocycles. The number of nitrogens with one attached hydrogen (secondary N) is 2. The quantitative estimate of drug-likeness (QED) is 0.546. The molecule has 1 aromatic rings. The van der Waals surface area contributed by atoms with Gasteiger partial charge in [-0.25, -0.2) is 9.18 Å². The fourth-order valence-corrected chi connectivity index (χ4v) is 1.56. The van der Waals surface area contributed by atoms with E-state index in [1.807, 2.05) is 6.92 Å². The molecule has 1 aromatic carbocycles. The van der Waals surface area contributed by atoms with Gasteiger partial charge in [-0.2, -0.15) is 0 Å². The van der Waals surface area contributed by atoms with E-state index in [2.05, 4.69) is 15.4 Å². The Morgan fingerprint density at radius 2 is 2.05 bits per heavy atom. The van der Waals surface area contributed by atoms with Gasteiger partial charge in [-0.15, -0.1) is 0 Å². The summed E-state index contributed by atoms with van der Waals surface area (Å²) in [7, 11) is 1.18. The number of hydrogen-bond acceptors (Lipinski definition) is 5. The average molecular weight is 298 g/mol. The summed E-state index contributed by atoms with van der Waals surface area (Å²) in [6.45, 7) is 3.66. The third kappa shape index (κ3) is 5.78. The second-order valence-corrected chi connectivity index (χ2v) is 4.12. The molecule has 1 rings (SSSR count). The summed E-state index contributed by atoms with van der Waals surface area (Å²) in [4.78, 5) is 23.0. The molecule has 0 saturated heterocycles. The van der Waals surface area contributed by atoms with Crippen LogP contribution in [0, 0.1) is 5.82 Å². The number of likely N-dealkylation sites (N-methyl/N-ethyl adjacent to an activating group) is 1. The molecule has 0 heterocycles. The number of ether oxygens (including phenoxy) is 2. The van der Waals surface area contributed by atoms with Gasteiger partial charge in [0.1, 0.15) is 17.1 Å². The second kappa shape index (κ2) is 8.91. The van der Waals surface area contributed by atoms with Crippen LogP contribution < -0.4 is 15.4 Å².